The second-order valence-electron chi connectivity index (χ2n) is 11.3. The molecule has 0 aliphatic heterocycles. The number of fused-ring (bicyclic) bond motifs is 1. The minimum absolute atomic E-state index is 0.770. The van der Waals surface area contributed by atoms with E-state index in [-0.39, 0.29) is 0 Å². The third-order valence-electron chi connectivity index (χ3n) is 8.61. The Balaban J connectivity index is 0.00000281. The van der Waals surface area contributed by atoms with Crippen LogP contribution in [0.3, 0.4) is 0 Å². The minimum atomic E-state index is 0.770. The highest BCUT2D eigenvalue weighted by Gasteiger charge is 2.36. The van der Waals surface area contributed by atoms with Crippen molar-refractivity contribution in [2.75, 3.05) is 0 Å². The Labute approximate surface area is 216 Å². The highest BCUT2D eigenvalue weighted by atomic mass is 14.4. The molecule has 0 radical (unpaired) electrons. The summed E-state index contributed by atoms with van der Waals surface area (Å²) in [6.45, 7) is 13.4. The lowest BCUT2D eigenvalue weighted by Crippen LogP contribution is -2.31. The molecule has 5 unspecified atom stereocenters. The largest absolute Gasteiger partial charge is 0.0842 e. The lowest BCUT2D eigenvalue weighted by Gasteiger charge is -2.42. The van der Waals surface area contributed by atoms with Crippen LogP contribution in [0.4, 0.5) is 0 Å². The summed E-state index contributed by atoms with van der Waals surface area (Å²) in [4.78, 5) is 0. The SMILES string of the molecule is CC.CCCCCCCC1C2=CC(CCCCC)C(CCCCC)CC2C=CC1CCCCC. The second kappa shape index (κ2) is 20.7. The van der Waals surface area contributed by atoms with E-state index in [1.807, 2.05) is 19.4 Å². The van der Waals surface area contributed by atoms with Gasteiger partial charge in [-0.2, -0.15) is 0 Å². The minimum Gasteiger partial charge on any atom is -0.0842 e. The van der Waals surface area contributed by atoms with Gasteiger partial charge < -0.3 is 0 Å². The molecular formula is C34H64. The van der Waals surface area contributed by atoms with Crippen LogP contribution in [0.5, 0.6) is 0 Å². The number of hydrogen-bond acceptors (Lipinski definition) is 0. The van der Waals surface area contributed by atoms with Crippen molar-refractivity contribution >= 4 is 0 Å². The van der Waals surface area contributed by atoms with E-state index in [1.54, 1.807) is 0 Å². The van der Waals surface area contributed by atoms with Gasteiger partial charge in [0.15, 0.2) is 0 Å². The van der Waals surface area contributed by atoms with E-state index in [0.29, 0.717) is 0 Å². The Hall–Kier alpha value is -0.520. The van der Waals surface area contributed by atoms with Crippen molar-refractivity contribution in [3.8, 4) is 0 Å². The molecule has 0 bridgehead atoms. The van der Waals surface area contributed by atoms with Gasteiger partial charge in [0.05, 0.1) is 0 Å². The molecule has 0 saturated carbocycles. The van der Waals surface area contributed by atoms with Crippen LogP contribution in [0.2, 0.25) is 0 Å². The normalized spacial score (nSPS) is 25.9. The topological polar surface area (TPSA) is 0 Å². The maximum absolute atomic E-state index is 2.88. The van der Waals surface area contributed by atoms with E-state index < -0.39 is 0 Å². The average Bonchev–Trinajstić information content (AvgIpc) is 2.86. The molecule has 2 aliphatic carbocycles. The van der Waals surface area contributed by atoms with Crippen molar-refractivity contribution in [3.63, 3.8) is 0 Å². The molecule has 0 nitrogen and oxygen atoms in total. The number of unbranched alkanes of at least 4 members (excludes halogenated alkanes) is 10. The molecule has 0 N–H and O–H groups in total. The van der Waals surface area contributed by atoms with E-state index in [1.165, 1.54) is 122 Å². The van der Waals surface area contributed by atoms with Crippen molar-refractivity contribution in [3.05, 3.63) is 23.8 Å². The third kappa shape index (κ3) is 11.5. The first-order valence-corrected chi connectivity index (χ1v) is 16.1. The zero-order valence-electron chi connectivity index (χ0n) is 24.6. The molecule has 0 aromatic rings. The predicted molar refractivity (Wildman–Crippen MR) is 156 cm³/mol. The van der Waals surface area contributed by atoms with Crippen LogP contribution >= 0.6 is 0 Å². The molecule has 0 heterocycles. The first-order valence-electron chi connectivity index (χ1n) is 16.1. The average molecular weight is 473 g/mol. The molecule has 0 saturated heterocycles. The van der Waals surface area contributed by atoms with Crippen LogP contribution in [0.15, 0.2) is 23.8 Å². The Bertz CT molecular complexity index is 512. The van der Waals surface area contributed by atoms with Crippen LogP contribution in [0, 0.1) is 29.6 Å². The van der Waals surface area contributed by atoms with Crippen LogP contribution in [0.25, 0.3) is 0 Å². The summed E-state index contributed by atoms with van der Waals surface area (Å²) >= 11 is 0. The highest BCUT2D eigenvalue weighted by molar-refractivity contribution is 5.27. The lowest BCUT2D eigenvalue weighted by molar-refractivity contribution is 0.241. The van der Waals surface area contributed by atoms with Gasteiger partial charge in [0.2, 0.25) is 0 Å². The summed E-state index contributed by atoms with van der Waals surface area (Å²) < 4.78 is 0. The smallest absolute Gasteiger partial charge is 0.00172 e. The lowest BCUT2D eigenvalue weighted by atomic mass is 9.63. The second-order valence-corrected chi connectivity index (χ2v) is 11.3. The fraction of sp³-hybridized carbons (Fsp3) is 0.882. The zero-order chi connectivity index (χ0) is 25.0. The molecule has 34 heavy (non-hydrogen) atoms. The summed E-state index contributed by atoms with van der Waals surface area (Å²) in [6, 6.07) is 0. The molecule has 5 atom stereocenters. The van der Waals surface area contributed by atoms with Gasteiger partial charge in [0.1, 0.15) is 0 Å². The summed E-state index contributed by atoms with van der Waals surface area (Å²) in [5, 5.41) is 0. The van der Waals surface area contributed by atoms with Gasteiger partial charge in [-0.15, -0.1) is 0 Å². The molecule has 2 aliphatic rings. The molecule has 0 heteroatoms. The Kier molecular flexibility index (Phi) is 19.1. The van der Waals surface area contributed by atoms with Crippen molar-refractivity contribution in [1.29, 1.82) is 0 Å². The van der Waals surface area contributed by atoms with Gasteiger partial charge in [-0.05, 0) is 61.7 Å². The van der Waals surface area contributed by atoms with Gasteiger partial charge in [-0.3, -0.25) is 0 Å². The monoisotopic (exact) mass is 473 g/mol. The van der Waals surface area contributed by atoms with Crippen LogP contribution in [-0.2, 0) is 0 Å². The van der Waals surface area contributed by atoms with Gasteiger partial charge in [-0.1, -0.05) is 155 Å². The van der Waals surface area contributed by atoms with Crippen molar-refractivity contribution in [2.45, 2.75) is 164 Å². The van der Waals surface area contributed by atoms with Gasteiger partial charge in [0.25, 0.3) is 0 Å². The number of allylic oxidation sites excluding steroid dienone is 4. The van der Waals surface area contributed by atoms with Gasteiger partial charge >= 0.3 is 0 Å². The molecule has 0 fully saturated rings. The fourth-order valence-electron chi connectivity index (χ4n) is 6.60. The van der Waals surface area contributed by atoms with E-state index >= 15 is 0 Å². The number of rotatable bonds is 18. The molecule has 200 valence electrons. The van der Waals surface area contributed by atoms with E-state index in [4.69, 9.17) is 0 Å². The fourth-order valence-corrected chi connectivity index (χ4v) is 6.60. The van der Waals surface area contributed by atoms with Crippen LogP contribution in [-0.4, -0.2) is 0 Å². The Morgan fingerprint density at radius 2 is 1.06 bits per heavy atom. The quantitative estimate of drug-likeness (QED) is 0.137. The van der Waals surface area contributed by atoms with Crippen LogP contribution < -0.4 is 0 Å². The first kappa shape index (κ1) is 31.5. The molecule has 0 aromatic heterocycles. The molecule has 0 spiro atoms. The molecule has 0 aromatic carbocycles. The van der Waals surface area contributed by atoms with Crippen molar-refractivity contribution in [2.24, 2.45) is 29.6 Å². The Morgan fingerprint density at radius 3 is 1.68 bits per heavy atom. The summed E-state index contributed by atoms with van der Waals surface area (Å²) in [5.41, 5.74) is 1.90. The maximum atomic E-state index is 2.88. The number of hydrogen-bond donors (Lipinski definition) is 0. The third-order valence-corrected chi connectivity index (χ3v) is 8.61. The molecule has 2 rings (SSSR count). The standard InChI is InChI=1S/C32H58.C2H6/c1-5-9-13-14-18-22-31-27(19-15-10-6-2)23-24-30-25-28(20-16-11-7-3)29(26-32(30)31)21-17-12-8-4;1-2/h23-24,26-31H,5-22,25H2,1-4H3;1-2H3. The Morgan fingerprint density at radius 1 is 0.559 bits per heavy atom. The summed E-state index contributed by atoms with van der Waals surface area (Å²) in [5.74, 6) is 4.26. The highest BCUT2D eigenvalue weighted by Crippen LogP contribution is 2.48. The van der Waals surface area contributed by atoms with Gasteiger partial charge in [0, 0.05) is 0 Å². The summed E-state index contributed by atoms with van der Waals surface area (Å²) in [7, 11) is 0. The molecule has 0 amide bonds. The van der Waals surface area contributed by atoms with E-state index in [0.717, 1.165) is 29.6 Å². The maximum Gasteiger partial charge on any atom is -0.00172 e. The van der Waals surface area contributed by atoms with Gasteiger partial charge in [-0.25, -0.2) is 0 Å². The molecular weight excluding hydrogens is 408 g/mol. The predicted octanol–water partition coefficient (Wildman–Crippen LogP) is 12.1. The zero-order valence-corrected chi connectivity index (χ0v) is 24.6. The van der Waals surface area contributed by atoms with Crippen molar-refractivity contribution < 1.29 is 0 Å². The van der Waals surface area contributed by atoms with E-state index in [9.17, 15) is 0 Å². The van der Waals surface area contributed by atoms with E-state index in [2.05, 4.69) is 45.9 Å². The van der Waals surface area contributed by atoms with Crippen LogP contribution in [0.1, 0.15) is 164 Å². The summed E-state index contributed by atoms with van der Waals surface area (Å²) in [6.07, 6.45) is 35.3. The first-order chi connectivity index (χ1) is 16.7. The van der Waals surface area contributed by atoms with Crippen molar-refractivity contribution in [1.82, 2.24) is 0 Å².